The van der Waals surface area contributed by atoms with Gasteiger partial charge in [0.1, 0.15) is 11.2 Å². The third-order valence-electron chi connectivity index (χ3n) is 5.28. The molecule has 1 aliphatic carbocycles. The lowest BCUT2D eigenvalue weighted by atomic mass is 10.0. The fourth-order valence-corrected chi connectivity index (χ4v) is 3.43. The van der Waals surface area contributed by atoms with Gasteiger partial charge in [0.25, 0.3) is 0 Å². The number of carbonyl (C=O) groups excluding carboxylic acids is 2. The highest BCUT2D eigenvalue weighted by atomic mass is 16.6. The van der Waals surface area contributed by atoms with E-state index in [9.17, 15) is 9.59 Å². The van der Waals surface area contributed by atoms with Crippen molar-refractivity contribution in [3.8, 4) is 0 Å². The van der Waals surface area contributed by atoms with Crippen molar-refractivity contribution in [3.63, 3.8) is 0 Å². The molecule has 2 unspecified atom stereocenters. The summed E-state index contributed by atoms with van der Waals surface area (Å²) >= 11 is 0. The number of epoxide rings is 2. The SMILES string of the molecule is C1CCCCC1.CC(=O)OC(C)(C)CCC1CO1.CC(=O)OC(C)(C)CCC1CO1. The van der Waals surface area contributed by atoms with Crippen molar-refractivity contribution in [3.05, 3.63) is 0 Å². The Morgan fingerprint density at radius 3 is 1.17 bits per heavy atom. The van der Waals surface area contributed by atoms with E-state index in [0.29, 0.717) is 12.2 Å². The van der Waals surface area contributed by atoms with Gasteiger partial charge in [-0.05, 0) is 53.4 Å². The van der Waals surface area contributed by atoms with Crippen LogP contribution in [0.5, 0.6) is 0 Å². The van der Waals surface area contributed by atoms with Crippen LogP contribution < -0.4 is 0 Å². The first-order valence-corrected chi connectivity index (χ1v) is 11.6. The van der Waals surface area contributed by atoms with Gasteiger partial charge in [-0.1, -0.05) is 38.5 Å². The molecule has 2 heterocycles. The van der Waals surface area contributed by atoms with Gasteiger partial charge < -0.3 is 18.9 Å². The molecule has 6 heteroatoms. The lowest BCUT2D eigenvalue weighted by molar-refractivity contribution is -0.155. The monoisotopic (exact) mass is 428 g/mol. The Balaban J connectivity index is 0.000000237. The van der Waals surface area contributed by atoms with Crippen LogP contribution in [0.4, 0.5) is 0 Å². The molecule has 0 N–H and O–H groups in total. The van der Waals surface area contributed by atoms with Crippen molar-refractivity contribution in [2.45, 2.75) is 129 Å². The van der Waals surface area contributed by atoms with Gasteiger partial charge in [0.2, 0.25) is 0 Å². The van der Waals surface area contributed by atoms with Crippen LogP contribution in [0, 0.1) is 0 Å². The number of hydrogen-bond donors (Lipinski definition) is 0. The molecule has 0 aromatic carbocycles. The van der Waals surface area contributed by atoms with E-state index in [4.69, 9.17) is 18.9 Å². The molecule has 30 heavy (non-hydrogen) atoms. The molecule has 0 radical (unpaired) electrons. The molecule has 1 saturated carbocycles. The predicted molar refractivity (Wildman–Crippen MR) is 117 cm³/mol. The molecule has 2 saturated heterocycles. The molecule has 0 aromatic heterocycles. The Labute approximate surface area is 183 Å². The summed E-state index contributed by atoms with van der Waals surface area (Å²) in [6, 6.07) is 0. The van der Waals surface area contributed by atoms with Crippen molar-refractivity contribution in [2.24, 2.45) is 0 Å². The second kappa shape index (κ2) is 13.3. The first-order valence-electron chi connectivity index (χ1n) is 11.6. The third-order valence-corrected chi connectivity index (χ3v) is 5.28. The van der Waals surface area contributed by atoms with Crippen LogP contribution in [0.2, 0.25) is 0 Å². The van der Waals surface area contributed by atoms with Crippen molar-refractivity contribution >= 4 is 11.9 Å². The second-order valence-electron chi connectivity index (χ2n) is 9.82. The molecule has 2 aliphatic heterocycles. The Morgan fingerprint density at radius 1 is 0.700 bits per heavy atom. The fourth-order valence-electron chi connectivity index (χ4n) is 3.43. The van der Waals surface area contributed by atoms with Gasteiger partial charge in [-0.3, -0.25) is 9.59 Å². The average Bonchev–Trinajstić information content (AvgIpc) is 3.54. The standard InChI is InChI=1S/2C9H16O3.C6H12/c2*1-7(10)12-9(2,3)5-4-8-6-11-8;1-2-4-6-5-3-1/h2*8H,4-6H2,1-3H3;1-6H2. The highest BCUT2D eigenvalue weighted by Gasteiger charge is 2.29. The zero-order valence-corrected chi connectivity index (χ0v) is 20.1. The fraction of sp³-hybridized carbons (Fsp3) is 0.917. The molecular weight excluding hydrogens is 384 g/mol. The molecular formula is C24H44O6. The number of rotatable bonds is 8. The Kier molecular flexibility index (Phi) is 11.9. The summed E-state index contributed by atoms with van der Waals surface area (Å²) < 4.78 is 20.4. The molecule has 176 valence electrons. The first-order chi connectivity index (χ1) is 14.0. The maximum Gasteiger partial charge on any atom is 0.303 e. The molecule has 0 aromatic rings. The molecule has 6 nitrogen and oxygen atoms in total. The Morgan fingerprint density at radius 2 is 0.967 bits per heavy atom. The summed E-state index contributed by atoms with van der Waals surface area (Å²) in [6.07, 6.45) is 13.6. The molecule has 3 aliphatic rings. The van der Waals surface area contributed by atoms with E-state index in [-0.39, 0.29) is 23.1 Å². The quantitative estimate of drug-likeness (QED) is 0.383. The molecule has 0 amide bonds. The van der Waals surface area contributed by atoms with Gasteiger partial charge >= 0.3 is 11.9 Å². The number of ether oxygens (including phenoxy) is 4. The molecule has 3 rings (SSSR count). The average molecular weight is 429 g/mol. The van der Waals surface area contributed by atoms with Crippen LogP contribution in [0.15, 0.2) is 0 Å². The van der Waals surface area contributed by atoms with Crippen molar-refractivity contribution < 1.29 is 28.5 Å². The van der Waals surface area contributed by atoms with Gasteiger partial charge in [0.15, 0.2) is 0 Å². The van der Waals surface area contributed by atoms with E-state index in [1.54, 1.807) is 0 Å². The van der Waals surface area contributed by atoms with Crippen molar-refractivity contribution in [2.75, 3.05) is 13.2 Å². The van der Waals surface area contributed by atoms with E-state index in [1.807, 2.05) is 27.7 Å². The largest absolute Gasteiger partial charge is 0.460 e. The molecule has 0 bridgehead atoms. The third kappa shape index (κ3) is 16.6. The van der Waals surface area contributed by atoms with E-state index < -0.39 is 0 Å². The van der Waals surface area contributed by atoms with E-state index in [0.717, 1.165) is 38.9 Å². The van der Waals surface area contributed by atoms with E-state index in [2.05, 4.69) is 0 Å². The lowest BCUT2D eigenvalue weighted by Crippen LogP contribution is -2.27. The highest BCUT2D eigenvalue weighted by molar-refractivity contribution is 5.66. The van der Waals surface area contributed by atoms with Crippen LogP contribution in [-0.2, 0) is 28.5 Å². The highest BCUT2D eigenvalue weighted by Crippen LogP contribution is 2.24. The van der Waals surface area contributed by atoms with Crippen molar-refractivity contribution in [1.29, 1.82) is 0 Å². The van der Waals surface area contributed by atoms with Crippen LogP contribution in [0.1, 0.15) is 106 Å². The normalized spacial score (nSPS) is 22.5. The summed E-state index contributed by atoms with van der Waals surface area (Å²) in [7, 11) is 0. The minimum absolute atomic E-state index is 0.211. The summed E-state index contributed by atoms with van der Waals surface area (Å²) in [5.41, 5.74) is -0.671. The number of hydrogen-bond acceptors (Lipinski definition) is 6. The van der Waals surface area contributed by atoms with E-state index in [1.165, 1.54) is 52.4 Å². The lowest BCUT2D eigenvalue weighted by Gasteiger charge is -2.23. The molecule has 2 atom stereocenters. The van der Waals surface area contributed by atoms with E-state index >= 15 is 0 Å². The number of carbonyl (C=O) groups is 2. The zero-order valence-electron chi connectivity index (χ0n) is 20.1. The molecule has 3 fully saturated rings. The van der Waals surface area contributed by atoms with Crippen LogP contribution in [-0.4, -0.2) is 48.6 Å². The van der Waals surface area contributed by atoms with Gasteiger partial charge in [-0.2, -0.15) is 0 Å². The summed E-state index contributed by atoms with van der Waals surface area (Å²) in [6.45, 7) is 12.3. The summed E-state index contributed by atoms with van der Waals surface area (Å²) in [5.74, 6) is -0.423. The topological polar surface area (TPSA) is 77.7 Å². The van der Waals surface area contributed by atoms with Crippen LogP contribution in [0.25, 0.3) is 0 Å². The second-order valence-corrected chi connectivity index (χ2v) is 9.82. The van der Waals surface area contributed by atoms with Crippen LogP contribution >= 0.6 is 0 Å². The smallest absolute Gasteiger partial charge is 0.303 e. The molecule has 0 spiro atoms. The summed E-state index contributed by atoms with van der Waals surface area (Å²) in [4.78, 5) is 21.3. The predicted octanol–water partition coefficient (Wildman–Crippen LogP) is 5.35. The maximum absolute atomic E-state index is 10.7. The Hall–Kier alpha value is -1.14. The minimum atomic E-state index is -0.336. The first kappa shape index (κ1) is 26.9. The minimum Gasteiger partial charge on any atom is -0.460 e. The van der Waals surface area contributed by atoms with Gasteiger partial charge in [0, 0.05) is 13.8 Å². The van der Waals surface area contributed by atoms with Crippen molar-refractivity contribution in [1.82, 2.24) is 0 Å². The van der Waals surface area contributed by atoms with Gasteiger partial charge in [-0.25, -0.2) is 0 Å². The van der Waals surface area contributed by atoms with Crippen LogP contribution in [0.3, 0.4) is 0 Å². The van der Waals surface area contributed by atoms with Gasteiger partial charge in [-0.15, -0.1) is 0 Å². The van der Waals surface area contributed by atoms with Gasteiger partial charge in [0.05, 0.1) is 25.4 Å². The maximum atomic E-state index is 10.7. The Bertz CT molecular complexity index is 450. The zero-order chi connectivity index (χ0) is 22.6. The summed E-state index contributed by atoms with van der Waals surface area (Å²) in [5, 5.41) is 0. The number of esters is 2.